The van der Waals surface area contributed by atoms with E-state index in [0.29, 0.717) is 22.5 Å². The second-order valence-corrected chi connectivity index (χ2v) is 7.23. The number of carbonyl (C=O) groups excluding carboxylic acids is 1. The monoisotopic (exact) mass is 391 g/mol. The van der Waals surface area contributed by atoms with Gasteiger partial charge in [0.05, 0.1) is 0 Å². The van der Waals surface area contributed by atoms with Gasteiger partial charge in [0.1, 0.15) is 5.01 Å². The topological polar surface area (TPSA) is 93.8 Å². The van der Waals surface area contributed by atoms with Crippen molar-refractivity contribution in [3.63, 3.8) is 0 Å². The van der Waals surface area contributed by atoms with Gasteiger partial charge in [0.2, 0.25) is 16.9 Å². The zero-order valence-corrected chi connectivity index (χ0v) is 16.2. The Balaban J connectivity index is 1.48. The number of aryl methyl sites for hydroxylation is 2. The minimum Gasteiger partial charge on any atom is -0.416 e. The van der Waals surface area contributed by atoms with Gasteiger partial charge in [-0.05, 0) is 49.7 Å². The summed E-state index contributed by atoms with van der Waals surface area (Å²) in [5.74, 6) is 0.621. The third-order valence-electron chi connectivity index (χ3n) is 4.11. The van der Waals surface area contributed by atoms with Crippen LogP contribution in [0, 0.1) is 6.92 Å². The first-order valence-corrected chi connectivity index (χ1v) is 9.58. The van der Waals surface area contributed by atoms with E-state index in [1.165, 1.54) is 11.3 Å². The van der Waals surface area contributed by atoms with E-state index < -0.39 is 0 Å². The van der Waals surface area contributed by atoms with Crippen molar-refractivity contribution in [3.05, 3.63) is 64.7 Å². The number of aromatic nitrogens is 4. The summed E-state index contributed by atoms with van der Waals surface area (Å²) in [5.41, 5.74) is 3.28. The van der Waals surface area contributed by atoms with Gasteiger partial charge in [-0.1, -0.05) is 36.0 Å². The van der Waals surface area contributed by atoms with Crippen molar-refractivity contribution in [2.45, 2.75) is 20.3 Å². The molecule has 8 heteroatoms. The summed E-state index contributed by atoms with van der Waals surface area (Å²) in [5, 5.41) is 20.3. The summed E-state index contributed by atoms with van der Waals surface area (Å²) in [4.78, 5) is 12.4. The number of nitrogens with one attached hydrogen (secondary N) is 1. The van der Waals surface area contributed by atoms with Gasteiger partial charge in [0.25, 0.3) is 5.91 Å². The third-order valence-corrected chi connectivity index (χ3v) is 5.09. The molecule has 0 aliphatic heterocycles. The van der Waals surface area contributed by atoms with Gasteiger partial charge in [0, 0.05) is 16.7 Å². The summed E-state index contributed by atoms with van der Waals surface area (Å²) in [6, 6.07) is 14.8. The van der Waals surface area contributed by atoms with E-state index in [1.807, 2.05) is 38.1 Å². The highest BCUT2D eigenvalue weighted by atomic mass is 32.1. The molecule has 0 unspecified atom stereocenters. The van der Waals surface area contributed by atoms with Crippen molar-refractivity contribution in [3.8, 4) is 22.9 Å². The molecule has 0 aliphatic carbocycles. The van der Waals surface area contributed by atoms with Crippen molar-refractivity contribution in [2.24, 2.45) is 0 Å². The average molecular weight is 391 g/mol. The molecule has 0 aliphatic rings. The molecule has 1 amide bonds. The van der Waals surface area contributed by atoms with Crippen molar-refractivity contribution in [1.82, 2.24) is 20.4 Å². The van der Waals surface area contributed by atoms with Gasteiger partial charge in [0.15, 0.2) is 0 Å². The Morgan fingerprint density at radius 1 is 0.929 bits per heavy atom. The molecule has 4 aromatic rings. The van der Waals surface area contributed by atoms with Crippen molar-refractivity contribution in [2.75, 3.05) is 5.32 Å². The van der Waals surface area contributed by atoms with Crippen LogP contribution in [0.5, 0.6) is 0 Å². The number of rotatable bonds is 5. The predicted molar refractivity (Wildman–Crippen MR) is 107 cm³/mol. The SMILES string of the molecule is CCc1nnc(NC(=O)c2ccc(-c3nnc(-c4ccc(C)cc4)o3)cc2)s1. The maximum Gasteiger partial charge on any atom is 0.257 e. The van der Waals surface area contributed by atoms with E-state index >= 15 is 0 Å². The van der Waals surface area contributed by atoms with E-state index in [0.717, 1.165) is 28.1 Å². The number of nitrogens with zero attached hydrogens (tertiary/aromatic N) is 4. The second kappa shape index (κ2) is 7.69. The number of anilines is 1. The molecule has 0 fully saturated rings. The standard InChI is InChI=1S/C20H17N5O2S/c1-3-16-22-25-20(28-16)21-17(26)13-8-10-15(11-9-13)19-24-23-18(27-19)14-6-4-12(2)5-7-14/h4-11H,3H2,1-2H3,(H,21,25,26). The first-order chi connectivity index (χ1) is 13.6. The number of hydrogen-bond acceptors (Lipinski definition) is 7. The zero-order valence-electron chi connectivity index (χ0n) is 15.3. The van der Waals surface area contributed by atoms with Crippen LogP contribution in [0.1, 0.15) is 27.9 Å². The zero-order chi connectivity index (χ0) is 19.5. The molecule has 0 spiro atoms. The van der Waals surface area contributed by atoms with Crippen LogP contribution in [0.4, 0.5) is 5.13 Å². The van der Waals surface area contributed by atoms with Crippen LogP contribution in [0.2, 0.25) is 0 Å². The fraction of sp³-hybridized carbons (Fsp3) is 0.150. The van der Waals surface area contributed by atoms with Gasteiger partial charge >= 0.3 is 0 Å². The van der Waals surface area contributed by atoms with Gasteiger partial charge in [-0.3, -0.25) is 10.1 Å². The summed E-state index contributed by atoms with van der Waals surface area (Å²) >= 11 is 1.37. The molecule has 140 valence electrons. The Kier molecular flexibility index (Phi) is 4.94. The number of hydrogen-bond donors (Lipinski definition) is 1. The lowest BCUT2D eigenvalue weighted by Crippen LogP contribution is -2.11. The van der Waals surface area contributed by atoms with Crippen LogP contribution < -0.4 is 5.32 Å². The lowest BCUT2D eigenvalue weighted by atomic mass is 10.1. The maximum atomic E-state index is 12.4. The summed E-state index contributed by atoms with van der Waals surface area (Å²) in [6.45, 7) is 4.01. The Morgan fingerprint density at radius 3 is 2.11 bits per heavy atom. The molecule has 7 nitrogen and oxygen atoms in total. The maximum absolute atomic E-state index is 12.4. The highest BCUT2D eigenvalue weighted by molar-refractivity contribution is 7.15. The highest BCUT2D eigenvalue weighted by Crippen LogP contribution is 2.24. The van der Waals surface area contributed by atoms with Crippen LogP contribution in [-0.4, -0.2) is 26.3 Å². The highest BCUT2D eigenvalue weighted by Gasteiger charge is 2.13. The van der Waals surface area contributed by atoms with E-state index in [2.05, 4.69) is 25.7 Å². The summed E-state index contributed by atoms with van der Waals surface area (Å²) < 4.78 is 5.77. The Bertz CT molecular complexity index is 1100. The molecule has 4 rings (SSSR count). The minimum absolute atomic E-state index is 0.240. The molecule has 0 radical (unpaired) electrons. The predicted octanol–water partition coefficient (Wildman–Crippen LogP) is 4.38. The molecule has 0 bridgehead atoms. The van der Waals surface area contributed by atoms with Crippen molar-refractivity contribution >= 4 is 22.4 Å². The molecule has 0 saturated carbocycles. The molecule has 0 atom stereocenters. The molecule has 2 aromatic heterocycles. The molecule has 28 heavy (non-hydrogen) atoms. The van der Waals surface area contributed by atoms with E-state index in [9.17, 15) is 4.79 Å². The Morgan fingerprint density at radius 2 is 1.54 bits per heavy atom. The van der Waals surface area contributed by atoms with Gasteiger partial charge in [-0.2, -0.15) is 0 Å². The van der Waals surface area contributed by atoms with Gasteiger partial charge in [-0.15, -0.1) is 20.4 Å². The molecule has 0 saturated heterocycles. The lowest BCUT2D eigenvalue weighted by molar-refractivity contribution is 0.102. The summed E-state index contributed by atoms with van der Waals surface area (Å²) in [6.07, 6.45) is 0.789. The van der Waals surface area contributed by atoms with Crippen LogP contribution in [0.15, 0.2) is 52.9 Å². The lowest BCUT2D eigenvalue weighted by Gasteiger charge is -2.02. The van der Waals surface area contributed by atoms with E-state index in [1.54, 1.807) is 24.3 Å². The summed E-state index contributed by atoms with van der Waals surface area (Å²) in [7, 11) is 0. The normalized spacial score (nSPS) is 10.8. The molecule has 2 heterocycles. The van der Waals surface area contributed by atoms with Crippen molar-refractivity contribution < 1.29 is 9.21 Å². The smallest absolute Gasteiger partial charge is 0.257 e. The van der Waals surface area contributed by atoms with Crippen LogP contribution in [-0.2, 0) is 6.42 Å². The van der Waals surface area contributed by atoms with Crippen LogP contribution in [0.3, 0.4) is 0 Å². The quantitative estimate of drug-likeness (QED) is 0.543. The van der Waals surface area contributed by atoms with Crippen LogP contribution in [0.25, 0.3) is 22.9 Å². The molecular formula is C20H17N5O2S. The first kappa shape index (κ1) is 18.0. The molecule has 2 aromatic carbocycles. The van der Waals surface area contributed by atoms with Crippen molar-refractivity contribution in [1.29, 1.82) is 0 Å². The van der Waals surface area contributed by atoms with Crippen LogP contribution >= 0.6 is 11.3 Å². The van der Waals surface area contributed by atoms with E-state index in [4.69, 9.17) is 4.42 Å². The average Bonchev–Trinajstić information content (AvgIpc) is 3.38. The number of benzene rings is 2. The minimum atomic E-state index is -0.240. The fourth-order valence-electron chi connectivity index (χ4n) is 2.53. The second-order valence-electron chi connectivity index (χ2n) is 6.16. The van der Waals surface area contributed by atoms with Gasteiger partial charge in [-0.25, -0.2) is 0 Å². The fourth-order valence-corrected chi connectivity index (χ4v) is 3.21. The largest absolute Gasteiger partial charge is 0.416 e. The third kappa shape index (κ3) is 3.81. The number of amides is 1. The Labute approximate surface area is 165 Å². The van der Waals surface area contributed by atoms with E-state index in [-0.39, 0.29) is 5.91 Å². The molecular weight excluding hydrogens is 374 g/mol. The Hall–Kier alpha value is -3.39. The number of carbonyl (C=O) groups is 1. The van der Waals surface area contributed by atoms with Gasteiger partial charge < -0.3 is 4.42 Å². The first-order valence-electron chi connectivity index (χ1n) is 8.77. The molecule has 1 N–H and O–H groups in total.